The average molecular weight is 329 g/mol. The van der Waals surface area contributed by atoms with Gasteiger partial charge in [-0.1, -0.05) is 6.07 Å². The number of carbonyl (C=O) groups is 1. The molecule has 1 aromatic heterocycles. The molecular weight excluding hydrogens is 302 g/mol. The topological polar surface area (TPSA) is 45.7 Å². The molecular formula is C19H27N3O2. The summed E-state index contributed by atoms with van der Waals surface area (Å²) in [5.41, 5.74) is 1.52. The molecule has 130 valence electrons. The molecule has 0 aliphatic carbocycles. The predicted octanol–water partition coefficient (Wildman–Crippen LogP) is 2.08. The van der Waals surface area contributed by atoms with Gasteiger partial charge in [-0.15, -0.1) is 0 Å². The van der Waals surface area contributed by atoms with Crippen LogP contribution in [0.2, 0.25) is 0 Å². The van der Waals surface area contributed by atoms with Crippen molar-refractivity contribution in [1.29, 1.82) is 0 Å². The van der Waals surface area contributed by atoms with Crippen LogP contribution in [-0.2, 0) is 16.1 Å². The molecule has 1 amide bonds. The van der Waals surface area contributed by atoms with Crippen molar-refractivity contribution in [2.45, 2.75) is 44.7 Å². The van der Waals surface area contributed by atoms with Crippen molar-refractivity contribution >= 4 is 5.91 Å². The average Bonchev–Trinajstić information content (AvgIpc) is 3.07. The summed E-state index contributed by atoms with van der Waals surface area (Å²) < 4.78 is 5.64. The third-order valence-electron chi connectivity index (χ3n) is 6.01. The predicted molar refractivity (Wildman–Crippen MR) is 91.4 cm³/mol. The van der Waals surface area contributed by atoms with Crippen LogP contribution in [0, 0.1) is 5.41 Å². The van der Waals surface area contributed by atoms with Crippen LogP contribution in [0.3, 0.4) is 0 Å². The van der Waals surface area contributed by atoms with Crippen LogP contribution in [0.25, 0.3) is 0 Å². The van der Waals surface area contributed by atoms with Crippen molar-refractivity contribution in [2.75, 3.05) is 32.8 Å². The Morgan fingerprint density at radius 1 is 1.29 bits per heavy atom. The number of nitrogens with zero attached hydrogens (tertiary/aromatic N) is 3. The van der Waals surface area contributed by atoms with E-state index in [1.807, 2.05) is 18.5 Å². The van der Waals surface area contributed by atoms with E-state index in [9.17, 15) is 4.79 Å². The monoisotopic (exact) mass is 329 g/mol. The quantitative estimate of drug-likeness (QED) is 0.852. The van der Waals surface area contributed by atoms with Gasteiger partial charge >= 0.3 is 0 Å². The Morgan fingerprint density at radius 2 is 2.17 bits per heavy atom. The van der Waals surface area contributed by atoms with E-state index >= 15 is 0 Å². The van der Waals surface area contributed by atoms with E-state index in [1.165, 1.54) is 5.56 Å². The molecule has 0 bridgehead atoms. The van der Waals surface area contributed by atoms with Crippen LogP contribution in [0.5, 0.6) is 0 Å². The minimum absolute atomic E-state index is 0.251. The zero-order valence-corrected chi connectivity index (χ0v) is 14.3. The first-order valence-corrected chi connectivity index (χ1v) is 9.23. The Morgan fingerprint density at radius 3 is 2.88 bits per heavy atom. The first kappa shape index (κ1) is 16.0. The van der Waals surface area contributed by atoms with Gasteiger partial charge in [-0.25, -0.2) is 0 Å². The molecule has 4 heterocycles. The van der Waals surface area contributed by atoms with Crippen LogP contribution in [0.15, 0.2) is 24.5 Å². The van der Waals surface area contributed by atoms with Crippen molar-refractivity contribution in [2.24, 2.45) is 5.41 Å². The molecule has 1 aromatic rings. The van der Waals surface area contributed by atoms with E-state index in [2.05, 4.69) is 20.9 Å². The second-order valence-electron chi connectivity index (χ2n) is 7.69. The molecule has 3 aliphatic heterocycles. The van der Waals surface area contributed by atoms with E-state index in [4.69, 9.17) is 4.74 Å². The molecule has 0 N–H and O–H groups in total. The Balaban J connectivity index is 1.34. The molecule has 1 atom stereocenters. The Bertz CT molecular complexity index is 563. The van der Waals surface area contributed by atoms with Crippen LogP contribution in [0.1, 0.15) is 37.7 Å². The molecule has 4 rings (SSSR count). The number of likely N-dealkylation sites (tertiary alicyclic amines) is 2. The third-order valence-corrected chi connectivity index (χ3v) is 6.01. The lowest BCUT2D eigenvalue weighted by molar-refractivity contribution is -0.142. The lowest BCUT2D eigenvalue weighted by Gasteiger charge is -2.45. The van der Waals surface area contributed by atoms with Gasteiger partial charge in [-0.05, 0) is 37.3 Å². The molecule has 0 unspecified atom stereocenters. The molecule has 0 radical (unpaired) electrons. The van der Waals surface area contributed by atoms with Gasteiger partial charge in [0.1, 0.15) is 0 Å². The summed E-state index contributed by atoms with van der Waals surface area (Å²) in [5.74, 6) is 0.359. The maximum absolute atomic E-state index is 12.5. The first-order chi connectivity index (χ1) is 11.7. The second-order valence-corrected chi connectivity index (χ2v) is 7.69. The number of rotatable bonds is 3. The van der Waals surface area contributed by atoms with Gasteiger partial charge in [-0.3, -0.25) is 14.7 Å². The molecule has 5 nitrogen and oxygen atoms in total. The number of aromatic nitrogens is 1. The highest BCUT2D eigenvalue weighted by molar-refractivity contribution is 5.77. The van der Waals surface area contributed by atoms with Crippen molar-refractivity contribution in [1.82, 2.24) is 14.8 Å². The van der Waals surface area contributed by atoms with E-state index < -0.39 is 0 Å². The lowest BCUT2D eigenvalue weighted by atomic mass is 9.78. The van der Waals surface area contributed by atoms with Gasteiger partial charge in [0.15, 0.2) is 0 Å². The molecule has 0 aromatic carbocycles. The fourth-order valence-corrected chi connectivity index (χ4v) is 4.49. The number of hydrogen-bond acceptors (Lipinski definition) is 4. The molecule has 24 heavy (non-hydrogen) atoms. The Kier molecular flexibility index (Phi) is 4.55. The van der Waals surface area contributed by atoms with Crippen molar-refractivity contribution in [3.63, 3.8) is 0 Å². The van der Waals surface area contributed by atoms with E-state index in [0.29, 0.717) is 18.4 Å². The summed E-state index contributed by atoms with van der Waals surface area (Å²) in [7, 11) is 0. The normalized spacial score (nSPS) is 29.5. The molecule has 5 heteroatoms. The highest BCUT2D eigenvalue weighted by atomic mass is 16.5. The molecule has 1 spiro atoms. The number of carbonyl (C=O) groups excluding carboxylic acids is 1. The molecule has 3 fully saturated rings. The standard InChI is InChI=1S/C19H27N3O2/c23-18-3-6-19(7-11-24-15-19)14-22(18)17-4-9-21(10-5-17)13-16-2-1-8-20-12-16/h1-2,8,12,17H,3-7,9-11,13-15H2/t19-/m1/s1. The zero-order valence-electron chi connectivity index (χ0n) is 14.3. The maximum Gasteiger partial charge on any atom is 0.222 e. The van der Waals surface area contributed by atoms with Crippen molar-refractivity contribution in [3.05, 3.63) is 30.1 Å². The summed E-state index contributed by atoms with van der Waals surface area (Å²) in [5, 5.41) is 0. The van der Waals surface area contributed by atoms with Gasteiger partial charge in [0, 0.05) is 63.1 Å². The number of hydrogen-bond donors (Lipinski definition) is 0. The largest absolute Gasteiger partial charge is 0.381 e. The van der Waals surface area contributed by atoms with Gasteiger partial charge in [0.2, 0.25) is 5.91 Å². The van der Waals surface area contributed by atoms with Crippen LogP contribution < -0.4 is 0 Å². The number of amides is 1. The summed E-state index contributed by atoms with van der Waals surface area (Å²) in [6, 6.07) is 4.55. The summed E-state index contributed by atoms with van der Waals surface area (Å²) in [4.78, 5) is 21.3. The lowest BCUT2D eigenvalue weighted by Crippen LogP contribution is -2.54. The second kappa shape index (κ2) is 6.81. The van der Waals surface area contributed by atoms with Crippen LogP contribution >= 0.6 is 0 Å². The smallest absolute Gasteiger partial charge is 0.222 e. The molecule has 0 saturated carbocycles. The Hall–Kier alpha value is -1.46. The van der Waals surface area contributed by atoms with Gasteiger partial charge in [0.25, 0.3) is 0 Å². The van der Waals surface area contributed by atoms with Crippen molar-refractivity contribution < 1.29 is 9.53 Å². The summed E-state index contributed by atoms with van der Waals surface area (Å²) >= 11 is 0. The fraction of sp³-hybridized carbons (Fsp3) is 0.684. The maximum atomic E-state index is 12.5. The van der Waals surface area contributed by atoms with Crippen LogP contribution in [0.4, 0.5) is 0 Å². The molecule has 3 aliphatic rings. The van der Waals surface area contributed by atoms with E-state index in [1.54, 1.807) is 0 Å². The van der Waals surface area contributed by atoms with Crippen LogP contribution in [-0.4, -0.2) is 59.6 Å². The molecule has 3 saturated heterocycles. The highest BCUT2D eigenvalue weighted by Gasteiger charge is 2.43. The third kappa shape index (κ3) is 3.33. The zero-order chi connectivity index (χ0) is 16.4. The number of piperidine rings is 2. The van der Waals surface area contributed by atoms with Gasteiger partial charge < -0.3 is 9.64 Å². The minimum Gasteiger partial charge on any atom is -0.381 e. The number of ether oxygens (including phenoxy) is 1. The summed E-state index contributed by atoms with van der Waals surface area (Å²) in [6.45, 7) is 5.72. The first-order valence-electron chi connectivity index (χ1n) is 9.23. The Labute approximate surface area is 144 Å². The fourth-order valence-electron chi connectivity index (χ4n) is 4.49. The number of pyridine rings is 1. The van der Waals surface area contributed by atoms with E-state index in [-0.39, 0.29) is 5.41 Å². The summed E-state index contributed by atoms with van der Waals surface area (Å²) in [6.07, 6.45) is 8.79. The minimum atomic E-state index is 0.251. The van der Waals surface area contributed by atoms with Crippen molar-refractivity contribution in [3.8, 4) is 0 Å². The van der Waals surface area contributed by atoms with E-state index in [0.717, 1.165) is 65.1 Å². The highest BCUT2D eigenvalue weighted by Crippen LogP contribution is 2.39. The SMILES string of the molecule is O=C1CC[C@@]2(CCOC2)CN1C1CCN(Cc2cccnc2)CC1. The van der Waals surface area contributed by atoms with Gasteiger partial charge in [-0.2, -0.15) is 0 Å². The van der Waals surface area contributed by atoms with Gasteiger partial charge in [0.05, 0.1) is 6.61 Å².